The third-order valence-electron chi connectivity index (χ3n) is 7.12. The summed E-state index contributed by atoms with van der Waals surface area (Å²) < 4.78 is 37.3. The van der Waals surface area contributed by atoms with Gasteiger partial charge >= 0.3 is 0 Å². The Labute approximate surface area is 260 Å². The van der Waals surface area contributed by atoms with Crippen LogP contribution in [0.1, 0.15) is 34.8 Å². The van der Waals surface area contributed by atoms with E-state index in [-0.39, 0.29) is 24.7 Å². The highest BCUT2D eigenvalue weighted by molar-refractivity contribution is 7.93. The van der Waals surface area contributed by atoms with E-state index in [0.717, 1.165) is 11.1 Å². The topological polar surface area (TPSA) is 129 Å². The molecule has 0 bridgehead atoms. The van der Waals surface area contributed by atoms with E-state index in [1.807, 2.05) is 49.4 Å². The molecule has 1 saturated heterocycles. The summed E-state index contributed by atoms with van der Waals surface area (Å²) in [6, 6.07) is 19.6. The monoisotopic (exact) mass is 632 g/mol. The molecule has 234 valence electrons. The van der Waals surface area contributed by atoms with Crippen molar-refractivity contribution in [2.45, 2.75) is 38.5 Å². The fraction of sp³-hybridized carbons (Fsp3) is 0.387. The molecule has 0 aromatic heterocycles. The van der Waals surface area contributed by atoms with Crippen molar-refractivity contribution < 1.29 is 27.8 Å². The zero-order valence-electron chi connectivity index (χ0n) is 24.7. The minimum absolute atomic E-state index is 0. The molecule has 0 radical (unpaired) electrons. The van der Waals surface area contributed by atoms with Gasteiger partial charge in [-0.1, -0.05) is 30.3 Å². The number of rotatable bonds is 14. The summed E-state index contributed by atoms with van der Waals surface area (Å²) in [4.78, 5) is 13.6. The number of benzene rings is 3. The zero-order valence-corrected chi connectivity index (χ0v) is 26.3. The van der Waals surface area contributed by atoms with Gasteiger partial charge in [-0.3, -0.25) is 9.10 Å². The van der Waals surface area contributed by atoms with Crippen LogP contribution in [-0.4, -0.2) is 71.2 Å². The Kier molecular flexibility index (Phi) is 12.5. The van der Waals surface area contributed by atoms with Gasteiger partial charge in [-0.25, -0.2) is 8.42 Å². The van der Waals surface area contributed by atoms with Crippen molar-refractivity contribution in [1.82, 2.24) is 10.6 Å². The van der Waals surface area contributed by atoms with Crippen LogP contribution in [0.3, 0.4) is 0 Å². The number of sulfonamides is 1. The molecule has 1 aliphatic heterocycles. The molecule has 10 nitrogen and oxygen atoms in total. The molecular weight excluding hydrogens is 592 g/mol. The van der Waals surface area contributed by atoms with Crippen molar-refractivity contribution in [1.29, 1.82) is 0 Å². The molecule has 4 rings (SSSR count). The largest absolute Gasteiger partial charge is 0.497 e. The van der Waals surface area contributed by atoms with Crippen LogP contribution in [0, 0.1) is 0 Å². The van der Waals surface area contributed by atoms with Gasteiger partial charge in [0.1, 0.15) is 11.5 Å². The number of nitrogens with zero attached hydrogens (tertiary/aromatic N) is 1. The molecule has 43 heavy (non-hydrogen) atoms. The van der Waals surface area contributed by atoms with Crippen molar-refractivity contribution in [2.24, 2.45) is 0 Å². The summed E-state index contributed by atoms with van der Waals surface area (Å²) in [7, 11) is -0.242. The van der Waals surface area contributed by atoms with E-state index in [9.17, 15) is 18.3 Å². The minimum Gasteiger partial charge on any atom is -0.497 e. The molecular formula is C31H41ClN4O6S. The maximum atomic E-state index is 13.6. The number of carbonyl (C=O) groups excluding carboxylic acids is 1. The van der Waals surface area contributed by atoms with Crippen LogP contribution >= 0.6 is 12.4 Å². The number of nitrogens with one attached hydrogen (secondary N) is 3. The van der Waals surface area contributed by atoms with Crippen molar-refractivity contribution in [3.05, 3.63) is 83.4 Å². The average molecular weight is 633 g/mol. The minimum atomic E-state index is -3.42. The third-order valence-corrected chi connectivity index (χ3v) is 8.99. The second kappa shape index (κ2) is 15.8. The Morgan fingerprint density at radius 2 is 1.70 bits per heavy atom. The maximum Gasteiger partial charge on any atom is 0.251 e. The number of amides is 1. The first-order chi connectivity index (χ1) is 20.2. The van der Waals surface area contributed by atoms with Crippen LogP contribution < -0.4 is 29.7 Å². The first kappa shape index (κ1) is 34.0. The lowest BCUT2D eigenvalue weighted by molar-refractivity contribution is 0.0830. The fourth-order valence-corrected chi connectivity index (χ4v) is 6.55. The van der Waals surface area contributed by atoms with Crippen molar-refractivity contribution in [3.8, 4) is 11.5 Å². The van der Waals surface area contributed by atoms with Gasteiger partial charge in [-0.15, -0.1) is 12.4 Å². The van der Waals surface area contributed by atoms with Crippen molar-refractivity contribution >= 4 is 39.7 Å². The van der Waals surface area contributed by atoms with E-state index in [4.69, 9.17) is 9.47 Å². The van der Waals surface area contributed by atoms with Gasteiger partial charge in [0.25, 0.3) is 5.91 Å². The van der Waals surface area contributed by atoms with Gasteiger partial charge < -0.3 is 30.5 Å². The number of ether oxygens (including phenoxy) is 2. The normalized spacial score (nSPS) is 15.2. The molecule has 0 unspecified atom stereocenters. The Hall–Kier alpha value is -3.51. The summed E-state index contributed by atoms with van der Waals surface area (Å²) in [6.45, 7) is 3.58. The molecule has 4 N–H and O–H groups in total. The number of hydrogen-bond donors (Lipinski definition) is 4. The maximum absolute atomic E-state index is 13.6. The zero-order chi connectivity index (χ0) is 30.1. The Balaban J connectivity index is 0.00000506. The quantitative estimate of drug-likeness (QED) is 0.212. The predicted octanol–water partition coefficient (Wildman–Crippen LogP) is 3.59. The molecule has 1 fully saturated rings. The number of halogens is 1. The van der Waals surface area contributed by atoms with E-state index < -0.39 is 28.1 Å². The lowest BCUT2D eigenvalue weighted by Gasteiger charge is -2.26. The summed E-state index contributed by atoms with van der Waals surface area (Å²) >= 11 is 0. The lowest BCUT2D eigenvalue weighted by atomic mass is 10.00. The molecule has 1 heterocycles. The van der Waals surface area contributed by atoms with Crippen LogP contribution in [-0.2, 0) is 23.0 Å². The second-order valence-corrected chi connectivity index (χ2v) is 12.2. The molecule has 2 atom stereocenters. The second-order valence-electron chi connectivity index (χ2n) is 10.2. The van der Waals surface area contributed by atoms with Crippen LogP contribution in [0.4, 0.5) is 11.4 Å². The van der Waals surface area contributed by atoms with E-state index >= 15 is 0 Å². The first-order valence-corrected chi connectivity index (χ1v) is 15.7. The third kappa shape index (κ3) is 9.24. The highest BCUT2D eigenvalue weighted by Gasteiger charge is 2.30. The van der Waals surface area contributed by atoms with Gasteiger partial charge in [0.2, 0.25) is 10.0 Å². The SMILES string of the molecule is CCNc1cc(C(=O)N[C@@H](Cc2ccccc2)[C@H](O)CNCc2cc(OC)cc(OC)c2)cc(N2CCCS2(=O)=O)c1.Cl. The Morgan fingerprint density at radius 3 is 2.30 bits per heavy atom. The van der Waals surface area contributed by atoms with E-state index in [2.05, 4.69) is 16.0 Å². The molecule has 3 aromatic carbocycles. The van der Waals surface area contributed by atoms with E-state index in [1.54, 1.807) is 38.5 Å². The van der Waals surface area contributed by atoms with Gasteiger partial charge in [0.05, 0.1) is 37.8 Å². The first-order valence-electron chi connectivity index (χ1n) is 14.1. The van der Waals surface area contributed by atoms with Crippen LogP contribution in [0.25, 0.3) is 0 Å². The smallest absolute Gasteiger partial charge is 0.251 e. The van der Waals surface area contributed by atoms with Gasteiger partial charge in [0, 0.05) is 43.5 Å². The standard InChI is InChI=1S/C31H40N4O6S.ClH/c1-4-33-25-16-24(17-26(18-25)35-11-8-12-42(35,38)39)31(37)34-29(15-22-9-6-5-7-10-22)30(36)21-32-20-23-13-27(40-2)19-28(14-23)41-3;/h5-7,9-10,13-14,16-19,29-30,32-33,36H,4,8,11-12,15,20-21H2,1-3H3,(H,34,37);1H/t29-,30+;/m0./s1. The van der Waals surface area contributed by atoms with E-state index in [0.29, 0.717) is 60.9 Å². The Morgan fingerprint density at radius 1 is 1.00 bits per heavy atom. The Bertz CT molecular complexity index is 1440. The molecule has 0 saturated carbocycles. The lowest BCUT2D eigenvalue weighted by Crippen LogP contribution is -2.48. The molecule has 0 spiro atoms. The summed E-state index contributed by atoms with van der Waals surface area (Å²) in [6.07, 6.45) is 0.0239. The number of anilines is 2. The molecule has 12 heteroatoms. The molecule has 1 amide bonds. The van der Waals surface area contributed by atoms with Crippen LogP contribution in [0.5, 0.6) is 11.5 Å². The molecule has 1 aliphatic rings. The van der Waals surface area contributed by atoms with Gasteiger partial charge in [-0.2, -0.15) is 0 Å². The number of carbonyl (C=O) groups is 1. The summed E-state index contributed by atoms with van der Waals surface area (Å²) in [5.41, 5.74) is 3.30. The number of hydrogen-bond acceptors (Lipinski definition) is 8. The summed E-state index contributed by atoms with van der Waals surface area (Å²) in [5.74, 6) is 1.02. The summed E-state index contributed by atoms with van der Waals surface area (Å²) in [5, 5.41) is 20.7. The predicted molar refractivity (Wildman–Crippen MR) is 172 cm³/mol. The number of aliphatic hydroxyl groups excluding tert-OH is 1. The average Bonchev–Trinajstić information content (AvgIpc) is 3.35. The number of aliphatic hydroxyl groups is 1. The van der Waals surface area contributed by atoms with Crippen LogP contribution in [0.2, 0.25) is 0 Å². The fourth-order valence-electron chi connectivity index (χ4n) is 5.00. The highest BCUT2D eigenvalue weighted by Crippen LogP contribution is 2.29. The van der Waals surface area contributed by atoms with Crippen molar-refractivity contribution in [2.75, 3.05) is 49.2 Å². The number of methoxy groups -OCH3 is 2. The molecule has 3 aromatic rings. The van der Waals surface area contributed by atoms with Gasteiger partial charge in [0.15, 0.2) is 0 Å². The highest BCUT2D eigenvalue weighted by atomic mass is 35.5. The van der Waals surface area contributed by atoms with Crippen molar-refractivity contribution in [3.63, 3.8) is 0 Å². The molecule has 0 aliphatic carbocycles. The van der Waals surface area contributed by atoms with E-state index in [1.165, 1.54) is 4.31 Å². The van der Waals surface area contributed by atoms with Gasteiger partial charge in [-0.05, 0) is 61.2 Å². The van der Waals surface area contributed by atoms with Crippen LogP contribution in [0.15, 0.2) is 66.7 Å².